The number of likely N-dealkylation sites (tertiary alicyclic amines) is 2. The number of aliphatic imine (C=N–C) groups is 1. The Bertz CT molecular complexity index is 2500. The van der Waals surface area contributed by atoms with Crippen LogP contribution in [0.4, 0.5) is 0 Å². The molecule has 1 aromatic heterocycles. The van der Waals surface area contributed by atoms with E-state index in [4.69, 9.17) is 21.3 Å². The van der Waals surface area contributed by atoms with Gasteiger partial charge in [-0.3, -0.25) is 19.4 Å². The van der Waals surface area contributed by atoms with Gasteiger partial charge in [0.15, 0.2) is 0 Å². The Morgan fingerprint density at radius 2 is 1.60 bits per heavy atom. The first-order chi connectivity index (χ1) is 29.1. The molecular weight excluding hydrogens is 751 g/mol. The molecule has 306 valence electrons. The molecule has 5 atom stereocenters. The van der Waals surface area contributed by atoms with E-state index in [9.17, 15) is 14.4 Å². The summed E-state index contributed by atoms with van der Waals surface area (Å²) in [5.74, 6) is -0.106. The van der Waals surface area contributed by atoms with Crippen molar-refractivity contribution < 1.29 is 19.1 Å². The maximum absolute atomic E-state index is 13.9. The minimum atomic E-state index is -0.512. The van der Waals surface area contributed by atoms with Gasteiger partial charge < -0.3 is 29.7 Å². The average Bonchev–Trinajstić information content (AvgIpc) is 4.12. The number of aromatic nitrogens is 2. The Kier molecular flexibility index (Phi) is 11.8. The van der Waals surface area contributed by atoms with Crippen LogP contribution in [0.2, 0.25) is 0 Å². The average molecular weight is 802 g/mol. The van der Waals surface area contributed by atoms with Crippen LogP contribution in [0.15, 0.2) is 108 Å². The zero-order valence-electron chi connectivity index (χ0n) is 34.6. The molecule has 4 aromatic carbocycles. The van der Waals surface area contributed by atoms with E-state index in [1.54, 1.807) is 11.9 Å². The van der Waals surface area contributed by atoms with Gasteiger partial charge in [-0.05, 0) is 76.5 Å². The van der Waals surface area contributed by atoms with Crippen LogP contribution in [0, 0.1) is 18.4 Å². The molecule has 0 unspecified atom stereocenters. The number of aromatic amines is 1. The highest BCUT2D eigenvalue weighted by molar-refractivity contribution is 6.03. The Labute approximate surface area is 351 Å². The van der Waals surface area contributed by atoms with E-state index in [-0.39, 0.29) is 48.2 Å². The second-order valence-electron chi connectivity index (χ2n) is 16.5. The van der Waals surface area contributed by atoms with Crippen molar-refractivity contribution in [3.63, 3.8) is 0 Å². The molecule has 3 aliphatic rings. The van der Waals surface area contributed by atoms with Crippen molar-refractivity contribution in [1.29, 1.82) is 0 Å². The molecule has 0 saturated carbocycles. The number of imidazole rings is 1. The van der Waals surface area contributed by atoms with Crippen LogP contribution in [-0.4, -0.2) is 82.6 Å². The molecule has 8 rings (SSSR count). The van der Waals surface area contributed by atoms with Gasteiger partial charge in [0.1, 0.15) is 11.9 Å². The fraction of sp³-hybridized carbons (Fsp3) is 0.347. The third kappa shape index (κ3) is 8.12. The van der Waals surface area contributed by atoms with Crippen LogP contribution in [0.5, 0.6) is 0 Å². The van der Waals surface area contributed by atoms with Crippen molar-refractivity contribution in [2.75, 3.05) is 27.2 Å². The second kappa shape index (κ2) is 17.5. The van der Waals surface area contributed by atoms with Crippen molar-refractivity contribution in [1.82, 2.24) is 25.1 Å². The number of nitrogens with zero attached hydrogens (tertiary/aromatic N) is 5. The highest BCUT2D eigenvalue weighted by Gasteiger charge is 2.43. The minimum Gasteiger partial charge on any atom is -0.469 e. The van der Waals surface area contributed by atoms with E-state index in [0.29, 0.717) is 31.8 Å². The predicted octanol–water partition coefficient (Wildman–Crippen LogP) is 8.43. The maximum atomic E-state index is 13.9. The number of allylic oxidation sites excluding steroid dienone is 1. The van der Waals surface area contributed by atoms with Gasteiger partial charge in [-0.25, -0.2) is 11.6 Å². The molecule has 0 bridgehead atoms. The first kappa shape index (κ1) is 40.4. The van der Waals surface area contributed by atoms with Crippen LogP contribution in [0.25, 0.3) is 43.6 Å². The Hall–Kier alpha value is -6.38. The van der Waals surface area contributed by atoms with Gasteiger partial charge in [0.25, 0.3) is 0 Å². The number of nitrogens with one attached hydrogen (secondary N) is 2. The molecule has 5 aromatic rings. The van der Waals surface area contributed by atoms with Gasteiger partial charge in [-0.2, -0.15) is 0 Å². The summed E-state index contributed by atoms with van der Waals surface area (Å²) in [6, 6.07) is 29.9. The van der Waals surface area contributed by atoms with Gasteiger partial charge in [0.05, 0.1) is 56.4 Å². The van der Waals surface area contributed by atoms with Gasteiger partial charge in [0.2, 0.25) is 17.9 Å². The highest BCUT2D eigenvalue weighted by atomic mass is 16.5. The zero-order chi connectivity index (χ0) is 41.9. The molecule has 2 N–H and O–H groups in total. The number of carbonyl (C=O) groups is 3. The van der Waals surface area contributed by atoms with E-state index in [1.165, 1.54) is 7.11 Å². The lowest BCUT2D eigenvalue weighted by Gasteiger charge is -2.30. The first-order valence-corrected chi connectivity index (χ1v) is 20.9. The number of fused-ring (bicyclic) bond motifs is 1. The summed E-state index contributed by atoms with van der Waals surface area (Å²) in [6.07, 6.45) is 6.86. The third-order valence-corrected chi connectivity index (χ3v) is 12.5. The quantitative estimate of drug-likeness (QED) is 0.0965. The monoisotopic (exact) mass is 801 g/mol. The molecule has 4 heterocycles. The van der Waals surface area contributed by atoms with Gasteiger partial charge in [-0.15, -0.1) is 0 Å². The summed E-state index contributed by atoms with van der Waals surface area (Å²) in [5, 5.41) is 5.39. The lowest BCUT2D eigenvalue weighted by molar-refractivity contribution is -0.148. The summed E-state index contributed by atoms with van der Waals surface area (Å²) < 4.78 is 4.89. The third-order valence-electron chi connectivity index (χ3n) is 12.5. The normalized spacial score (nSPS) is 19.9. The van der Waals surface area contributed by atoms with E-state index in [1.807, 2.05) is 61.5 Å². The SMILES string of the molecule is [C-]#[N+][C@H]1C[C@@H](c2ncc(-c3ccc4cc(-c5ccc(C6=CN=C([C@@H]7CCCN7C(=O)[C@@H](CC(=O)OC)C(C)C)C6)cc5)ccc4c3)[nH]2)N(C(=O)[C@H](NC)c2ccccc2)C1. The lowest BCUT2D eigenvalue weighted by atomic mass is 9.90. The Morgan fingerprint density at radius 3 is 2.30 bits per heavy atom. The lowest BCUT2D eigenvalue weighted by Crippen LogP contribution is -2.45. The number of hydrogen-bond donors (Lipinski definition) is 2. The van der Waals surface area contributed by atoms with Crippen LogP contribution in [-0.2, 0) is 19.1 Å². The zero-order valence-corrected chi connectivity index (χ0v) is 34.6. The summed E-state index contributed by atoms with van der Waals surface area (Å²) in [4.78, 5) is 60.3. The second-order valence-corrected chi connectivity index (χ2v) is 16.5. The smallest absolute Gasteiger partial charge is 0.306 e. The molecular formula is C49H51N7O4. The number of likely N-dealkylation sites (N-methyl/N-ethyl adjacent to an activating group) is 1. The number of esters is 1. The molecule has 11 heteroatoms. The molecule has 0 radical (unpaired) electrons. The summed E-state index contributed by atoms with van der Waals surface area (Å²) in [6.45, 7) is 12.7. The molecule has 2 fully saturated rings. The Morgan fingerprint density at radius 1 is 0.900 bits per heavy atom. The van der Waals surface area contributed by atoms with Crippen LogP contribution in [0.3, 0.4) is 0 Å². The first-order valence-electron chi connectivity index (χ1n) is 20.9. The van der Waals surface area contributed by atoms with Crippen LogP contribution >= 0.6 is 0 Å². The van der Waals surface area contributed by atoms with Crippen LogP contribution in [0.1, 0.15) is 75.0 Å². The van der Waals surface area contributed by atoms with Crippen molar-refractivity contribution in [2.24, 2.45) is 16.8 Å². The number of rotatable bonds is 12. The molecule has 0 spiro atoms. The summed E-state index contributed by atoms with van der Waals surface area (Å²) >= 11 is 0. The van der Waals surface area contributed by atoms with Gasteiger partial charge >= 0.3 is 5.97 Å². The minimum absolute atomic E-state index is 0.0138. The van der Waals surface area contributed by atoms with Crippen molar-refractivity contribution >= 4 is 39.8 Å². The number of ether oxygens (including phenoxy) is 1. The summed E-state index contributed by atoms with van der Waals surface area (Å²) in [5.41, 5.74) is 8.21. The maximum Gasteiger partial charge on any atom is 0.306 e. The Balaban J connectivity index is 0.929. The molecule has 2 saturated heterocycles. The largest absolute Gasteiger partial charge is 0.469 e. The van der Waals surface area contributed by atoms with Crippen LogP contribution < -0.4 is 5.32 Å². The van der Waals surface area contributed by atoms with Crippen molar-refractivity contribution in [2.45, 2.75) is 70.1 Å². The van der Waals surface area contributed by atoms with Gasteiger partial charge in [0, 0.05) is 30.4 Å². The fourth-order valence-electron chi connectivity index (χ4n) is 9.07. The standard InChI is InChI=1S/C49H51N7O4/c1-30(2)40(26-45(57)60-5)48(58)55-21-9-12-43(55)41-24-38(27-52-41)32-15-13-31(14-16-32)34-17-18-36-23-37(20-19-35(36)22-34)42-28-53-47(54-42)44-25-39(50-3)29-56(44)49(59)46(51-4)33-10-7-6-8-11-33/h6-8,10-11,13-20,22-23,27-28,30,39-40,43-44,46,51H,9,12,21,24-26,29H2,1-2,4-5H3,(H,53,54)/t39-,40-,43-,44-,46+/m0/s1. The fourth-order valence-corrected chi connectivity index (χ4v) is 9.07. The number of methoxy groups -OCH3 is 1. The van der Waals surface area contributed by atoms with E-state index >= 15 is 0 Å². The molecule has 3 aliphatic heterocycles. The van der Waals surface area contributed by atoms with E-state index in [2.05, 4.69) is 75.8 Å². The van der Waals surface area contributed by atoms with Crippen molar-refractivity contribution in [3.05, 3.63) is 132 Å². The summed E-state index contributed by atoms with van der Waals surface area (Å²) in [7, 11) is 3.15. The number of benzene rings is 4. The molecule has 60 heavy (non-hydrogen) atoms. The molecule has 2 amide bonds. The number of amides is 2. The topological polar surface area (TPSA) is 124 Å². The van der Waals surface area contributed by atoms with Crippen molar-refractivity contribution in [3.8, 4) is 22.4 Å². The van der Waals surface area contributed by atoms with E-state index < -0.39 is 12.0 Å². The highest BCUT2D eigenvalue weighted by Crippen LogP contribution is 2.37. The van der Waals surface area contributed by atoms with E-state index in [0.717, 1.165) is 68.4 Å². The van der Waals surface area contributed by atoms with Gasteiger partial charge in [-0.1, -0.05) is 92.7 Å². The number of H-pyrrole nitrogens is 1. The number of carbonyl (C=O) groups excluding carboxylic acids is 3. The predicted molar refractivity (Wildman–Crippen MR) is 234 cm³/mol. The molecule has 0 aliphatic carbocycles. The molecule has 11 nitrogen and oxygen atoms in total. The number of hydrogen-bond acceptors (Lipinski definition) is 7.